The predicted molar refractivity (Wildman–Crippen MR) is 268 cm³/mol. The minimum Gasteiger partial charge on any atom is -0.494 e. The highest BCUT2D eigenvalue weighted by atomic mass is 35.5. The number of unbranched alkanes of at least 4 members (excludes halogenated alkanes) is 1. The number of benzene rings is 3. The largest absolute Gasteiger partial charge is 0.494 e. The number of rotatable bonds is 17. The van der Waals surface area contributed by atoms with Crippen LogP contribution in [0.4, 0.5) is 40.2 Å². The van der Waals surface area contributed by atoms with E-state index in [1.807, 2.05) is 24.3 Å². The number of amides is 3. The van der Waals surface area contributed by atoms with E-state index in [9.17, 15) is 22.8 Å². The van der Waals surface area contributed by atoms with E-state index in [0.717, 1.165) is 115 Å². The molecule has 4 aromatic rings. The molecule has 3 aromatic carbocycles. The lowest BCUT2D eigenvalue weighted by molar-refractivity contribution is -0.134. The number of anilines is 7. The summed E-state index contributed by atoms with van der Waals surface area (Å²) in [6, 6.07) is 21.6. The molecule has 4 aliphatic rings. The number of aromatic nitrogens is 2. The third-order valence-electron chi connectivity index (χ3n) is 13.8. The van der Waals surface area contributed by atoms with Gasteiger partial charge in [0.1, 0.15) is 16.8 Å². The third-order valence-corrected chi connectivity index (χ3v) is 15.3. The summed E-state index contributed by atoms with van der Waals surface area (Å²) in [6.07, 6.45) is 10.4. The molecule has 364 valence electrons. The predicted octanol–water partition coefficient (Wildman–Crippen LogP) is 6.40. The molecule has 1 aromatic heterocycles. The van der Waals surface area contributed by atoms with Crippen molar-refractivity contribution < 1.29 is 27.5 Å². The average molecular weight is 971 g/mol. The summed E-state index contributed by atoms with van der Waals surface area (Å²) in [5.74, 6) is 1.57. The van der Waals surface area contributed by atoms with Gasteiger partial charge < -0.3 is 35.4 Å². The first-order valence-corrected chi connectivity index (χ1v) is 26.0. The molecule has 5 heterocycles. The number of para-hydroxylation sites is 2. The van der Waals surface area contributed by atoms with E-state index in [1.165, 1.54) is 23.1 Å². The van der Waals surface area contributed by atoms with Crippen LogP contribution in [0.25, 0.3) is 0 Å². The Morgan fingerprint density at radius 1 is 0.882 bits per heavy atom. The molecule has 1 unspecified atom stereocenters. The second-order valence-corrected chi connectivity index (χ2v) is 20.7. The van der Waals surface area contributed by atoms with Gasteiger partial charge in [-0.15, -0.1) is 0 Å². The van der Waals surface area contributed by atoms with Crippen LogP contribution in [0.3, 0.4) is 0 Å². The van der Waals surface area contributed by atoms with Crippen LogP contribution in [0, 0.1) is 0 Å². The molecule has 3 amide bonds. The number of nitrogens with zero attached hydrogens (tertiary/aromatic N) is 7. The van der Waals surface area contributed by atoms with Crippen molar-refractivity contribution in [1.82, 2.24) is 30.0 Å². The quantitative estimate of drug-likeness (QED) is 0.0673. The normalized spacial score (nSPS) is 19.1. The lowest BCUT2D eigenvalue weighted by Gasteiger charge is -2.43. The molecular formula is C49H64ClN11O6S. The number of hydrogen-bond donors (Lipinski definition) is 4. The van der Waals surface area contributed by atoms with Crippen LogP contribution in [0.2, 0.25) is 5.02 Å². The minimum atomic E-state index is -3.50. The Morgan fingerprint density at radius 2 is 1.62 bits per heavy atom. The minimum absolute atomic E-state index is 0.207. The molecule has 4 saturated heterocycles. The van der Waals surface area contributed by atoms with Crippen LogP contribution < -0.4 is 35.2 Å². The molecule has 19 heteroatoms. The Hall–Kier alpha value is -5.69. The number of piperazine rings is 1. The highest BCUT2D eigenvalue weighted by molar-refractivity contribution is 7.92. The Kier molecular flexibility index (Phi) is 15.9. The second kappa shape index (κ2) is 22.2. The fourth-order valence-corrected chi connectivity index (χ4v) is 10.4. The first kappa shape index (κ1) is 48.8. The average Bonchev–Trinajstić information content (AvgIpc) is 3.35. The second-order valence-electron chi connectivity index (χ2n) is 18.3. The van der Waals surface area contributed by atoms with Crippen LogP contribution in [-0.2, 0) is 24.4 Å². The molecule has 8 rings (SSSR count). The van der Waals surface area contributed by atoms with Crippen molar-refractivity contribution >= 4 is 79.5 Å². The molecule has 0 bridgehead atoms. The lowest BCUT2D eigenvalue weighted by Crippen LogP contribution is -2.54. The number of hydrogen-bond acceptors (Lipinski definition) is 14. The summed E-state index contributed by atoms with van der Waals surface area (Å²) in [5.41, 5.74) is 4.95. The molecule has 0 radical (unpaired) electrons. The maximum absolute atomic E-state index is 13.2. The van der Waals surface area contributed by atoms with Gasteiger partial charge in [-0.1, -0.05) is 35.9 Å². The van der Waals surface area contributed by atoms with E-state index in [2.05, 4.69) is 69.0 Å². The number of piperidine rings is 3. The topological polar surface area (TPSA) is 185 Å². The maximum Gasteiger partial charge on any atom is 0.249 e. The van der Waals surface area contributed by atoms with E-state index < -0.39 is 10.0 Å². The first-order chi connectivity index (χ1) is 32.8. The zero-order valence-electron chi connectivity index (χ0n) is 39.3. The van der Waals surface area contributed by atoms with Crippen LogP contribution in [0.5, 0.6) is 5.75 Å². The zero-order chi connectivity index (χ0) is 47.8. The van der Waals surface area contributed by atoms with Gasteiger partial charge in [0.05, 0.1) is 36.6 Å². The van der Waals surface area contributed by atoms with Crippen molar-refractivity contribution in [3.05, 3.63) is 83.5 Å². The lowest BCUT2D eigenvalue weighted by atomic mass is 9.89. The van der Waals surface area contributed by atoms with E-state index in [-0.39, 0.29) is 34.7 Å². The van der Waals surface area contributed by atoms with Gasteiger partial charge in [-0.05, 0) is 112 Å². The molecule has 0 saturated carbocycles. The van der Waals surface area contributed by atoms with Crippen molar-refractivity contribution in [3.63, 3.8) is 0 Å². The number of halogens is 1. The molecule has 68 heavy (non-hydrogen) atoms. The SMILES string of the molecule is COc1cc(N2CCC(N3CCN(C(=O)CCCCN4CCC(c5ccc(NC6CCC(=O)NC6=O)cc5)CC4)CC3)CC2)ccc1Nc1ncc(Cl)c(Nc2ccccc2N(C)S(C)(=O)=O)n1. The summed E-state index contributed by atoms with van der Waals surface area (Å²) >= 11 is 6.48. The number of likely N-dealkylation sites (tertiary alicyclic amines) is 1. The van der Waals surface area contributed by atoms with Crippen molar-refractivity contribution in [2.24, 2.45) is 0 Å². The Morgan fingerprint density at radius 3 is 2.32 bits per heavy atom. The molecular weight excluding hydrogens is 906 g/mol. The van der Waals surface area contributed by atoms with Crippen molar-refractivity contribution in [2.45, 2.75) is 75.8 Å². The molecule has 0 aliphatic carbocycles. The summed E-state index contributed by atoms with van der Waals surface area (Å²) in [7, 11) is -0.381. The van der Waals surface area contributed by atoms with Crippen molar-refractivity contribution in [2.75, 3.05) is 104 Å². The summed E-state index contributed by atoms with van der Waals surface area (Å²) in [5, 5.41) is 12.4. The number of sulfonamides is 1. The van der Waals surface area contributed by atoms with Gasteiger partial charge in [-0.25, -0.2) is 13.4 Å². The number of carbonyl (C=O) groups is 3. The fraction of sp³-hybridized carbons (Fsp3) is 0.490. The van der Waals surface area contributed by atoms with Gasteiger partial charge in [0.2, 0.25) is 33.7 Å². The number of methoxy groups -OCH3 is 1. The summed E-state index contributed by atoms with van der Waals surface area (Å²) in [4.78, 5) is 55.4. The van der Waals surface area contributed by atoms with E-state index in [4.69, 9.17) is 16.3 Å². The van der Waals surface area contributed by atoms with Crippen LogP contribution in [-0.4, -0.2) is 142 Å². The van der Waals surface area contributed by atoms with Crippen LogP contribution in [0.1, 0.15) is 69.3 Å². The highest BCUT2D eigenvalue weighted by Crippen LogP contribution is 2.36. The summed E-state index contributed by atoms with van der Waals surface area (Å²) in [6.45, 7) is 8.38. The van der Waals surface area contributed by atoms with E-state index in [1.54, 1.807) is 31.4 Å². The van der Waals surface area contributed by atoms with Crippen molar-refractivity contribution in [3.8, 4) is 5.75 Å². The number of nitrogens with one attached hydrogen (secondary N) is 4. The monoisotopic (exact) mass is 969 g/mol. The van der Waals surface area contributed by atoms with Gasteiger partial charge in [0.25, 0.3) is 0 Å². The van der Waals surface area contributed by atoms with Gasteiger partial charge in [0, 0.05) is 82.6 Å². The van der Waals surface area contributed by atoms with Gasteiger partial charge in [-0.2, -0.15) is 4.98 Å². The smallest absolute Gasteiger partial charge is 0.249 e. The maximum atomic E-state index is 13.2. The third kappa shape index (κ3) is 12.3. The Bertz CT molecular complexity index is 2510. The number of imide groups is 1. The molecule has 4 aliphatic heterocycles. The van der Waals surface area contributed by atoms with E-state index >= 15 is 0 Å². The van der Waals surface area contributed by atoms with Crippen molar-refractivity contribution in [1.29, 1.82) is 0 Å². The van der Waals surface area contributed by atoms with Crippen LogP contribution in [0.15, 0.2) is 72.9 Å². The Balaban J connectivity index is 0.726. The number of carbonyl (C=O) groups excluding carboxylic acids is 3. The highest BCUT2D eigenvalue weighted by Gasteiger charge is 2.30. The molecule has 4 fully saturated rings. The summed E-state index contributed by atoms with van der Waals surface area (Å²) < 4.78 is 31.6. The molecule has 4 N–H and O–H groups in total. The fourth-order valence-electron chi connectivity index (χ4n) is 9.74. The first-order valence-electron chi connectivity index (χ1n) is 23.8. The standard InChI is InChI=1S/C49H64ClN11O6S/c1-57(68(3,65)66)43-9-5-4-8-40(43)53-47-39(50)33-51-49(56-47)54-41-16-15-38(32-44(41)67-2)59-26-21-37(22-27-59)60-28-30-61(31-29-60)46(63)10-6-7-23-58-24-19-35(20-25-58)34-11-13-36(14-12-34)52-42-17-18-45(62)55-48(42)64/h4-5,8-9,11-16,32-33,35,37,42,52H,6-7,10,17-31H2,1-3H3,(H,55,62,64)(H2,51,53,54,56). The molecule has 1 atom stereocenters. The zero-order valence-corrected chi connectivity index (χ0v) is 40.8. The molecule has 17 nitrogen and oxygen atoms in total. The van der Waals surface area contributed by atoms with Gasteiger partial charge >= 0.3 is 0 Å². The Labute approximate surface area is 405 Å². The molecule has 0 spiro atoms. The van der Waals surface area contributed by atoms with Gasteiger partial charge in [-0.3, -0.25) is 28.9 Å². The van der Waals surface area contributed by atoms with Gasteiger partial charge in [0.15, 0.2) is 5.82 Å². The van der Waals surface area contributed by atoms with Crippen LogP contribution >= 0.6 is 11.6 Å². The van der Waals surface area contributed by atoms with E-state index in [0.29, 0.717) is 59.9 Å². The number of ether oxygens (including phenoxy) is 1.